The second-order valence-electron chi connectivity index (χ2n) is 8.91. The molecule has 190 valence electrons. The Morgan fingerprint density at radius 1 is 1.11 bits per heavy atom. The number of thiocarbonyl (C=S) groups is 1. The van der Waals surface area contributed by atoms with Crippen LogP contribution in [0, 0.1) is 11.8 Å². The quantitative estimate of drug-likeness (QED) is 0.289. The molecule has 6 N–H and O–H groups in total. The highest BCUT2D eigenvalue weighted by Gasteiger charge is 2.55. The Labute approximate surface area is 221 Å². The lowest BCUT2D eigenvalue weighted by Gasteiger charge is -2.44. The number of aliphatic hydroxyl groups is 2. The van der Waals surface area contributed by atoms with Gasteiger partial charge in [0, 0.05) is 16.7 Å². The summed E-state index contributed by atoms with van der Waals surface area (Å²) in [4.78, 5) is 40.1. The Kier molecular flexibility index (Phi) is 6.20. The van der Waals surface area contributed by atoms with Crippen LogP contribution in [-0.2, 0) is 14.4 Å². The lowest BCUT2D eigenvalue weighted by molar-refractivity contribution is -0.128. The molecular formula is C26H22N2O7S2. The Hall–Kier alpha value is -3.83. The number of rotatable bonds is 4. The summed E-state index contributed by atoms with van der Waals surface area (Å²) < 4.78 is 5.39. The minimum Gasteiger partial charge on any atom is -0.511 e. The number of carbonyl (C=O) groups excluding carboxylic acids is 3. The lowest BCUT2D eigenvalue weighted by Crippen LogP contribution is -2.57. The van der Waals surface area contributed by atoms with E-state index in [-0.39, 0.29) is 28.3 Å². The van der Waals surface area contributed by atoms with Gasteiger partial charge in [-0.1, -0.05) is 42.5 Å². The number of ether oxygens (including phenoxy) is 1. The normalized spacial score (nSPS) is 24.7. The third-order valence-corrected chi connectivity index (χ3v) is 8.64. The number of phenols is 1. The van der Waals surface area contributed by atoms with Gasteiger partial charge in [-0.25, -0.2) is 0 Å². The Morgan fingerprint density at radius 3 is 2.46 bits per heavy atom. The van der Waals surface area contributed by atoms with E-state index < -0.39 is 57.7 Å². The van der Waals surface area contributed by atoms with Crippen molar-refractivity contribution in [2.75, 3.05) is 7.11 Å². The predicted molar refractivity (Wildman–Crippen MR) is 139 cm³/mol. The van der Waals surface area contributed by atoms with Gasteiger partial charge in [0.1, 0.15) is 33.6 Å². The number of fused-ring (bicyclic) bond motifs is 3. The van der Waals surface area contributed by atoms with Gasteiger partial charge in [-0.2, -0.15) is 0 Å². The minimum atomic E-state index is -1.32. The molecule has 1 fully saturated rings. The number of carbonyl (C=O) groups is 3. The molecule has 1 heterocycles. The first kappa shape index (κ1) is 24.8. The Morgan fingerprint density at radius 2 is 1.81 bits per heavy atom. The standard InChI is InChI=1S/C26H22N2O7S2/c1-35-13-8-7-12(29)16-22(32)17-14(37-24(13)16)9-11-15(20(17)30)21(31)18(25(27)34)23(33)19(11)28-26(36)10-5-3-2-4-6-10/h2-8,11,14-15,19,29,31-32H,9H2,1H3,(H2,27,34)(H,28,36). The zero-order valence-corrected chi connectivity index (χ0v) is 21.1. The fourth-order valence-corrected chi connectivity index (χ4v) is 7.05. The van der Waals surface area contributed by atoms with E-state index in [1.165, 1.54) is 24.9 Å². The number of allylic oxidation sites excluding steroid dienone is 1. The molecule has 1 aliphatic heterocycles. The fourth-order valence-electron chi connectivity index (χ4n) is 5.26. The number of thioether (sulfide) groups is 1. The van der Waals surface area contributed by atoms with E-state index in [0.29, 0.717) is 16.2 Å². The number of methoxy groups -OCH3 is 1. The summed E-state index contributed by atoms with van der Waals surface area (Å²) in [5.41, 5.74) is 5.42. The number of aliphatic hydroxyl groups excluding tert-OH is 2. The van der Waals surface area contributed by atoms with Crippen LogP contribution >= 0.6 is 24.0 Å². The number of nitrogens with one attached hydrogen (secondary N) is 1. The van der Waals surface area contributed by atoms with Crippen molar-refractivity contribution in [3.05, 3.63) is 70.5 Å². The largest absolute Gasteiger partial charge is 0.511 e. The molecule has 9 nitrogen and oxygen atoms in total. The van der Waals surface area contributed by atoms with E-state index in [0.717, 1.165) is 0 Å². The lowest BCUT2D eigenvalue weighted by atomic mass is 9.65. The molecule has 4 atom stereocenters. The maximum absolute atomic E-state index is 13.8. The number of phenolic OH excluding ortho intramolecular Hbond substituents is 1. The van der Waals surface area contributed by atoms with Crippen LogP contribution in [0.1, 0.15) is 17.5 Å². The molecule has 4 unspecified atom stereocenters. The van der Waals surface area contributed by atoms with Gasteiger partial charge in [0.15, 0.2) is 11.6 Å². The summed E-state index contributed by atoms with van der Waals surface area (Å²) in [6.45, 7) is 0. The molecule has 3 aliphatic rings. The highest BCUT2D eigenvalue weighted by Crippen LogP contribution is 2.55. The molecular weight excluding hydrogens is 516 g/mol. The topological polar surface area (TPSA) is 159 Å². The maximum Gasteiger partial charge on any atom is 0.255 e. The molecule has 5 rings (SSSR count). The number of primary amides is 1. The highest BCUT2D eigenvalue weighted by atomic mass is 32.2. The number of amides is 1. The average molecular weight is 539 g/mol. The van der Waals surface area contributed by atoms with Crippen LogP contribution in [0.5, 0.6) is 11.5 Å². The summed E-state index contributed by atoms with van der Waals surface area (Å²) in [6, 6.07) is 10.6. The molecule has 0 saturated heterocycles. The van der Waals surface area contributed by atoms with Crippen molar-refractivity contribution in [2.45, 2.75) is 22.6 Å². The molecule has 37 heavy (non-hydrogen) atoms. The Balaban J connectivity index is 1.63. The molecule has 1 saturated carbocycles. The monoisotopic (exact) mass is 538 g/mol. The van der Waals surface area contributed by atoms with E-state index in [1.54, 1.807) is 30.3 Å². The smallest absolute Gasteiger partial charge is 0.255 e. The summed E-state index contributed by atoms with van der Waals surface area (Å²) in [7, 11) is 1.45. The molecule has 2 aromatic carbocycles. The maximum atomic E-state index is 13.8. The first-order valence-corrected chi connectivity index (χ1v) is 12.6. The fraction of sp³-hybridized carbons (Fsp3) is 0.231. The predicted octanol–water partition coefficient (Wildman–Crippen LogP) is 2.56. The van der Waals surface area contributed by atoms with Gasteiger partial charge in [0.05, 0.1) is 35.1 Å². The van der Waals surface area contributed by atoms with Crippen molar-refractivity contribution < 1.29 is 34.4 Å². The van der Waals surface area contributed by atoms with Crippen molar-refractivity contribution in [3.8, 4) is 11.5 Å². The molecule has 2 aliphatic carbocycles. The van der Waals surface area contributed by atoms with Crippen LogP contribution < -0.4 is 15.8 Å². The zero-order chi connectivity index (χ0) is 26.6. The van der Waals surface area contributed by atoms with E-state index in [9.17, 15) is 29.7 Å². The number of nitrogens with two attached hydrogens (primary N) is 1. The highest BCUT2D eigenvalue weighted by molar-refractivity contribution is 8.00. The second-order valence-corrected chi connectivity index (χ2v) is 10.5. The van der Waals surface area contributed by atoms with Crippen LogP contribution in [0.3, 0.4) is 0 Å². The van der Waals surface area contributed by atoms with Crippen molar-refractivity contribution in [1.29, 1.82) is 0 Å². The zero-order valence-electron chi connectivity index (χ0n) is 19.4. The van der Waals surface area contributed by atoms with Gasteiger partial charge in [-0.15, -0.1) is 11.8 Å². The van der Waals surface area contributed by atoms with Gasteiger partial charge >= 0.3 is 0 Å². The van der Waals surface area contributed by atoms with Crippen molar-refractivity contribution in [3.63, 3.8) is 0 Å². The summed E-state index contributed by atoms with van der Waals surface area (Å²) in [5.74, 6) is -5.72. The number of hydrogen-bond acceptors (Lipinski definition) is 9. The van der Waals surface area contributed by atoms with Crippen LogP contribution in [0.4, 0.5) is 0 Å². The molecule has 0 spiro atoms. The van der Waals surface area contributed by atoms with Crippen LogP contribution in [0.25, 0.3) is 5.76 Å². The van der Waals surface area contributed by atoms with Crippen molar-refractivity contribution in [1.82, 2.24) is 5.32 Å². The van der Waals surface area contributed by atoms with Gasteiger partial charge in [0.2, 0.25) is 0 Å². The first-order chi connectivity index (χ1) is 17.6. The van der Waals surface area contributed by atoms with Gasteiger partial charge in [0.25, 0.3) is 5.91 Å². The molecule has 11 heteroatoms. The van der Waals surface area contributed by atoms with E-state index >= 15 is 0 Å². The molecule has 1 amide bonds. The van der Waals surface area contributed by atoms with E-state index in [1.807, 2.05) is 6.07 Å². The van der Waals surface area contributed by atoms with E-state index in [2.05, 4.69) is 5.32 Å². The van der Waals surface area contributed by atoms with Crippen LogP contribution in [-0.4, -0.2) is 56.2 Å². The van der Waals surface area contributed by atoms with Crippen molar-refractivity contribution in [2.24, 2.45) is 17.6 Å². The number of aromatic hydroxyl groups is 1. The van der Waals surface area contributed by atoms with Crippen LogP contribution in [0.2, 0.25) is 0 Å². The number of hydrogen-bond donors (Lipinski definition) is 5. The third-order valence-electron chi connectivity index (χ3n) is 6.93. The second kappa shape index (κ2) is 9.24. The summed E-state index contributed by atoms with van der Waals surface area (Å²) >= 11 is 6.71. The van der Waals surface area contributed by atoms with Gasteiger partial charge in [-0.05, 0) is 18.6 Å². The number of Topliss-reactive ketones (excluding diaryl/α,β-unsaturated/α-hetero) is 2. The summed E-state index contributed by atoms with van der Waals surface area (Å²) in [5, 5.41) is 34.9. The molecule has 0 aromatic heterocycles. The van der Waals surface area contributed by atoms with Crippen molar-refractivity contribution >= 4 is 52.2 Å². The Bertz CT molecular complexity index is 1430. The molecule has 0 bridgehead atoms. The average Bonchev–Trinajstić information content (AvgIpc) is 2.86. The molecule has 2 aromatic rings. The van der Waals surface area contributed by atoms with E-state index in [4.69, 9.17) is 22.7 Å². The number of ketones is 2. The van der Waals surface area contributed by atoms with Crippen LogP contribution in [0.15, 0.2) is 64.3 Å². The van der Waals surface area contributed by atoms with Gasteiger partial charge < -0.3 is 31.1 Å². The van der Waals surface area contributed by atoms with Gasteiger partial charge in [-0.3, -0.25) is 14.4 Å². The summed E-state index contributed by atoms with van der Waals surface area (Å²) in [6.07, 6.45) is 0.162. The minimum absolute atomic E-state index is 0.0172. The first-order valence-electron chi connectivity index (χ1n) is 11.3. The third kappa shape index (κ3) is 3.85. The number of benzene rings is 2. The molecule has 0 radical (unpaired) electrons. The SMILES string of the molecule is COc1ccc(O)c2c1SC1CC3C(NC(=S)c4ccccc4)C(=O)C(C(N)=O)=C(O)C3C(=O)C1=C2O.